The van der Waals surface area contributed by atoms with Gasteiger partial charge in [0.25, 0.3) is 5.91 Å². The number of nitrogens with zero attached hydrogens (tertiary/aromatic N) is 1. The van der Waals surface area contributed by atoms with E-state index >= 15 is 0 Å². The molecule has 0 aliphatic heterocycles. The average molecular weight is 250 g/mol. The van der Waals surface area contributed by atoms with Gasteiger partial charge in [-0.2, -0.15) is 4.39 Å². The quantitative estimate of drug-likeness (QED) is 0.838. The lowest BCUT2D eigenvalue weighted by Gasteiger charge is -2.26. The van der Waals surface area contributed by atoms with E-state index in [1.54, 1.807) is 0 Å². The molecule has 1 aromatic rings. The first-order chi connectivity index (χ1) is 8.65. The van der Waals surface area contributed by atoms with Crippen LogP contribution in [-0.4, -0.2) is 17.4 Å². The number of carbonyl (C=O) groups excluding carboxylic acids is 1. The molecule has 4 heteroatoms. The molecule has 1 aliphatic rings. The Morgan fingerprint density at radius 2 is 2.17 bits per heavy atom. The van der Waals surface area contributed by atoms with E-state index in [4.69, 9.17) is 0 Å². The van der Waals surface area contributed by atoms with Gasteiger partial charge in [-0.05, 0) is 30.7 Å². The first-order valence-electron chi connectivity index (χ1n) is 6.55. The Hall–Kier alpha value is -1.45. The van der Waals surface area contributed by atoms with Crippen molar-refractivity contribution in [2.24, 2.45) is 11.8 Å². The van der Waals surface area contributed by atoms with E-state index in [0.29, 0.717) is 18.0 Å². The third kappa shape index (κ3) is 3.52. The number of nitrogens with one attached hydrogen (secondary N) is 1. The third-order valence-electron chi connectivity index (χ3n) is 3.68. The molecule has 1 amide bonds. The predicted octanol–water partition coefficient (Wildman–Crippen LogP) is 2.78. The Kier molecular flexibility index (Phi) is 4.28. The number of rotatable bonds is 3. The maximum absolute atomic E-state index is 12.9. The number of hydrogen-bond acceptors (Lipinski definition) is 2. The fourth-order valence-electron chi connectivity index (χ4n) is 2.42. The van der Waals surface area contributed by atoms with Gasteiger partial charge in [-0.3, -0.25) is 4.79 Å². The topological polar surface area (TPSA) is 42.0 Å². The van der Waals surface area contributed by atoms with E-state index in [-0.39, 0.29) is 5.91 Å². The summed E-state index contributed by atoms with van der Waals surface area (Å²) in [6.07, 6.45) is 6.14. The summed E-state index contributed by atoms with van der Waals surface area (Å²) in [5.41, 5.74) is 0.340. The molecule has 3 nitrogen and oxygen atoms in total. The average Bonchev–Trinajstić information content (AvgIpc) is 2.38. The van der Waals surface area contributed by atoms with Crippen LogP contribution in [0.15, 0.2) is 18.3 Å². The van der Waals surface area contributed by atoms with E-state index in [1.807, 2.05) is 0 Å². The number of halogens is 1. The molecule has 0 spiro atoms. The summed E-state index contributed by atoms with van der Waals surface area (Å²) in [7, 11) is 0. The highest BCUT2D eigenvalue weighted by molar-refractivity contribution is 5.93. The van der Waals surface area contributed by atoms with Crippen LogP contribution in [0.3, 0.4) is 0 Å². The van der Waals surface area contributed by atoms with Crippen LogP contribution in [0.2, 0.25) is 0 Å². The summed E-state index contributed by atoms with van der Waals surface area (Å²) in [6.45, 7) is 2.96. The molecule has 1 aromatic heterocycles. The maximum atomic E-state index is 12.9. The van der Waals surface area contributed by atoms with Crippen LogP contribution in [0.5, 0.6) is 0 Å². The van der Waals surface area contributed by atoms with Crippen LogP contribution in [-0.2, 0) is 0 Å². The van der Waals surface area contributed by atoms with Crippen LogP contribution < -0.4 is 5.32 Å². The van der Waals surface area contributed by atoms with Gasteiger partial charge in [-0.15, -0.1) is 0 Å². The minimum absolute atomic E-state index is 0.213. The molecule has 0 atom stereocenters. The van der Waals surface area contributed by atoms with E-state index in [1.165, 1.54) is 37.9 Å². The maximum Gasteiger partial charge on any atom is 0.251 e. The highest BCUT2D eigenvalue weighted by Crippen LogP contribution is 2.27. The largest absolute Gasteiger partial charge is 0.352 e. The van der Waals surface area contributed by atoms with Crippen molar-refractivity contribution in [2.75, 3.05) is 6.54 Å². The summed E-state index contributed by atoms with van der Waals surface area (Å²) < 4.78 is 12.9. The summed E-state index contributed by atoms with van der Waals surface area (Å²) in [5, 5.41) is 2.88. The monoisotopic (exact) mass is 250 g/mol. The molecule has 0 radical (unpaired) electrons. The molecule has 1 saturated carbocycles. The van der Waals surface area contributed by atoms with E-state index in [9.17, 15) is 9.18 Å². The number of carbonyl (C=O) groups is 1. The second-order valence-electron chi connectivity index (χ2n) is 5.20. The van der Waals surface area contributed by atoms with E-state index in [0.717, 1.165) is 12.0 Å². The Morgan fingerprint density at radius 3 is 2.83 bits per heavy atom. The van der Waals surface area contributed by atoms with Gasteiger partial charge < -0.3 is 5.32 Å². The smallest absolute Gasteiger partial charge is 0.251 e. The lowest BCUT2D eigenvalue weighted by Crippen LogP contribution is -2.31. The van der Waals surface area contributed by atoms with Crippen molar-refractivity contribution < 1.29 is 9.18 Å². The second-order valence-corrected chi connectivity index (χ2v) is 5.20. The minimum Gasteiger partial charge on any atom is -0.352 e. The van der Waals surface area contributed by atoms with E-state index in [2.05, 4.69) is 17.2 Å². The van der Waals surface area contributed by atoms with Crippen LogP contribution in [0.4, 0.5) is 4.39 Å². The first kappa shape index (κ1) is 13.0. The molecule has 1 aliphatic carbocycles. The fraction of sp³-hybridized carbons (Fsp3) is 0.571. The molecule has 0 saturated heterocycles. The molecule has 0 unspecified atom stereocenters. The van der Waals surface area contributed by atoms with Crippen molar-refractivity contribution in [3.05, 3.63) is 29.8 Å². The summed E-state index contributed by atoms with van der Waals surface area (Å²) in [6, 6.07) is 2.69. The van der Waals surface area contributed by atoms with Crippen LogP contribution in [0, 0.1) is 17.8 Å². The number of amides is 1. The van der Waals surface area contributed by atoms with Gasteiger partial charge in [-0.25, -0.2) is 4.98 Å². The van der Waals surface area contributed by atoms with Gasteiger partial charge in [-0.1, -0.05) is 19.8 Å². The highest BCUT2D eigenvalue weighted by atomic mass is 19.1. The van der Waals surface area contributed by atoms with Crippen molar-refractivity contribution in [1.82, 2.24) is 10.3 Å². The van der Waals surface area contributed by atoms with Crippen LogP contribution in [0.25, 0.3) is 0 Å². The zero-order chi connectivity index (χ0) is 13.0. The van der Waals surface area contributed by atoms with Gasteiger partial charge in [0, 0.05) is 24.4 Å². The Balaban J connectivity index is 1.81. The molecule has 98 valence electrons. The summed E-state index contributed by atoms with van der Waals surface area (Å²) >= 11 is 0. The standard InChI is InChI=1S/C14H19FN2O/c1-10-2-4-11(5-3-10)9-17-14(18)12-6-7-16-13(15)8-12/h6-8,10-11H,2-5,9H2,1H3,(H,17,18)/t10-,11+. The molecule has 0 aromatic carbocycles. The molecule has 2 rings (SSSR count). The SMILES string of the molecule is C[C@H]1CC[C@@H](CNC(=O)c2ccnc(F)c2)CC1. The van der Waals surface area contributed by atoms with Gasteiger partial charge >= 0.3 is 0 Å². The lowest BCUT2D eigenvalue weighted by atomic mass is 9.83. The van der Waals surface area contributed by atoms with Crippen molar-refractivity contribution in [1.29, 1.82) is 0 Å². The molecule has 1 fully saturated rings. The number of hydrogen-bond donors (Lipinski definition) is 1. The fourth-order valence-corrected chi connectivity index (χ4v) is 2.42. The van der Waals surface area contributed by atoms with Gasteiger partial charge in [0.2, 0.25) is 5.95 Å². The normalized spacial score (nSPS) is 23.7. The molecule has 0 bridgehead atoms. The summed E-state index contributed by atoms with van der Waals surface area (Å²) in [5.74, 6) is 0.548. The highest BCUT2D eigenvalue weighted by Gasteiger charge is 2.18. The number of pyridine rings is 1. The zero-order valence-electron chi connectivity index (χ0n) is 10.7. The van der Waals surface area contributed by atoms with Crippen molar-refractivity contribution in [2.45, 2.75) is 32.6 Å². The molecular formula is C14H19FN2O. The van der Waals surface area contributed by atoms with Crippen LogP contribution >= 0.6 is 0 Å². The third-order valence-corrected chi connectivity index (χ3v) is 3.68. The van der Waals surface area contributed by atoms with Crippen molar-refractivity contribution >= 4 is 5.91 Å². The Bertz CT molecular complexity index is 414. The van der Waals surface area contributed by atoms with Gasteiger partial charge in [0.05, 0.1) is 0 Å². The van der Waals surface area contributed by atoms with E-state index < -0.39 is 5.95 Å². The number of aromatic nitrogens is 1. The minimum atomic E-state index is -0.617. The lowest BCUT2D eigenvalue weighted by molar-refractivity contribution is 0.0941. The Labute approximate surface area is 107 Å². The van der Waals surface area contributed by atoms with Crippen molar-refractivity contribution in [3.63, 3.8) is 0 Å². The molecular weight excluding hydrogens is 231 g/mol. The van der Waals surface area contributed by atoms with Gasteiger partial charge in [0.15, 0.2) is 0 Å². The first-order valence-corrected chi connectivity index (χ1v) is 6.55. The Morgan fingerprint density at radius 1 is 1.44 bits per heavy atom. The predicted molar refractivity (Wildman–Crippen MR) is 67.7 cm³/mol. The zero-order valence-corrected chi connectivity index (χ0v) is 10.7. The molecule has 18 heavy (non-hydrogen) atoms. The van der Waals surface area contributed by atoms with Gasteiger partial charge in [0.1, 0.15) is 0 Å². The van der Waals surface area contributed by atoms with Crippen molar-refractivity contribution in [3.8, 4) is 0 Å². The molecule has 1 heterocycles. The summed E-state index contributed by atoms with van der Waals surface area (Å²) in [4.78, 5) is 15.2. The second kappa shape index (κ2) is 5.94. The van der Waals surface area contributed by atoms with Crippen LogP contribution in [0.1, 0.15) is 43.0 Å². The molecule has 1 N–H and O–H groups in total.